The number of hydrogen-bond acceptors (Lipinski definition) is 2. The molecule has 2 nitrogen and oxygen atoms in total. The van der Waals surface area contributed by atoms with Crippen LogP contribution in [0.3, 0.4) is 0 Å². The molecule has 0 aromatic carbocycles. The zero-order valence-electron chi connectivity index (χ0n) is 25.3. The van der Waals surface area contributed by atoms with Gasteiger partial charge in [-0.05, 0) is 96.9 Å². The molecule has 0 aromatic heterocycles. The molecular formula is C33H58O2Si. The fourth-order valence-electron chi connectivity index (χ4n) is 7.39. The first-order valence-corrected chi connectivity index (χ1v) is 18.0. The van der Waals surface area contributed by atoms with Gasteiger partial charge in [-0.3, -0.25) is 0 Å². The number of aliphatic hydroxyl groups excluding tert-OH is 1. The van der Waals surface area contributed by atoms with Crippen molar-refractivity contribution in [2.45, 2.75) is 143 Å². The van der Waals surface area contributed by atoms with Crippen molar-refractivity contribution >= 4 is 8.32 Å². The molecule has 0 heterocycles. The summed E-state index contributed by atoms with van der Waals surface area (Å²) in [5, 5.41) is 11.0. The van der Waals surface area contributed by atoms with Crippen LogP contribution in [0, 0.1) is 29.1 Å². The van der Waals surface area contributed by atoms with Crippen LogP contribution in [0.1, 0.15) is 113 Å². The van der Waals surface area contributed by atoms with Crippen molar-refractivity contribution in [1.82, 2.24) is 0 Å². The minimum absolute atomic E-state index is 0.0928. The fraction of sp³-hybridized carbons (Fsp3) is 0.818. The van der Waals surface area contributed by atoms with E-state index < -0.39 is 14.4 Å². The Balaban J connectivity index is 1.74. The molecule has 36 heavy (non-hydrogen) atoms. The quantitative estimate of drug-likeness (QED) is 0.327. The Labute approximate surface area is 225 Å². The summed E-state index contributed by atoms with van der Waals surface area (Å²) in [5.41, 5.74) is 4.22. The third-order valence-electron chi connectivity index (χ3n) is 10.7. The standard InChI is InChI=1S/C33H58O2Si/c1-23(2)13-11-14-24(3)29-18-19-30-26(15-12-20-33(29,30)8)16-17-27-21-28(22-31(34)25(27)4)35-36(9,10)32(5,6)7/h16-17,23-24,28-31,34H,4,11-15,18-22H2,1-3,5-10H3/b26-16+,27-17+/t24-,28-,29-,30+,31-,33-/m1/s1. The van der Waals surface area contributed by atoms with Gasteiger partial charge in [-0.25, -0.2) is 0 Å². The highest BCUT2D eigenvalue weighted by Crippen LogP contribution is 2.60. The Morgan fingerprint density at radius 2 is 1.83 bits per heavy atom. The van der Waals surface area contributed by atoms with Crippen LogP contribution in [0.4, 0.5) is 0 Å². The van der Waals surface area contributed by atoms with Crippen molar-refractivity contribution in [2.24, 2.45) is 29.1 Å². The maximum absolute atomic E-state index is 10.8. The van der Waals surface area contributed by atoms with Gasteiger partial charge in [0.1, 0.15) is 0 Å². The van der Waals surface area contributed by atoms with Crippen LogP contribution in [0.5, 0.6) is 0 Å². The lowest BCUT2D eigenvalue weighted by Crippen LogP contribution is -2.46. The first kappa shape index (κ1) is 29.9. The van der Waals surface area contributed by atoms with Crippen LogP contribution < -0.4 is 0 Å². The predicted molar refractivity (Wildman–Crippen MR) is 159 cm³/mol. The van der Waals surface area contributed by atoms with E-state index in [-0.39, 0.29) is 11.1 Å². The van der Waals surface area contributed by atoms with Crippen LogP contribution in [-0.4, -0.2) is 25.6 Å². The molecule has 0 aromatic rings. The molecule has 3 aliphatic rings. The molecule has 0 bridgehead atoms. The minimum Gasteiger partial charge on any atom is -0.413 e. The van der Waals surface area contributed by atoms with Gasteiger partial charge in [0.2, 0.25) is 0 Å². The number of hydrogen-bond donors (Lipinski definition) is 1. The molecule has 3 fully saturated rings. The zero-order valence-corrected chi connectivity index (χ0v) is 26.3. The van der Waals surface area contributed by atoms with Gasteiger partial charge in [-0.2, -0.15) is 0 Å². The first-order valence-electron chi connectivity index (χ1n) is 15.1. The fourth-order valence-corrected chi connectivity index (χ4v) is 8.76. The molecule has 3 rings (SSSR count). The Hall–Kier alpha value is -0.643. The zero-order chi connectivity index (χ0) is 26.9. The van der Waals surface area contributed by atoms with Gasteiger partial charge in [0, 0.05) is 6.42 Å². The SMILES string of the molecule is C=C1/C(=C/C=C2\CCC[C@]3(C)[C@@H]([C@H](C)CCCC(C)C)CC[C@@H]23)C[C@@H](O[Si](C)(C)C(C)(C)C)C[C@H]1O. The highest BCUT2D eigenvalue weighted by Gasteiger charge is 2.50. The van der Waals surface area contributed by atoms with Gasteiger partial charge < -0.3 is 9.53 Å². The van der Waals surface area contributed by atoms with Crippen LogP contribution >= 0.6 is 0 Å². The van der Waals surface area contributed by atoms with E-state index in [0.717, 1.165) is 35.7 Å². The second-order valence-corrected chi connectivity index (χ2v) is 19.6. The molecule has 3 aliphatic carbocycles. The van der Waals surface area contributed by atoms with E-state index in [2.05, 4.69) is 80.3 Å². The van der Waals surface area contributed by atoms with E-state index >= 15 is 0 Å². The summed E-state index contributed by atoms with van der Waals surface area (Å²) in [4.78, 5) is 0. The number of fused-ring (bicyclic) bond motifs is 1. The maximum atomic E-state index is 10.8. The van der Waals surface area contributed by atoms with Crippen molar-refractivity contribution in [1.29, 1.82) is 0 Å². The lowest BCUT2D eigenvalue weighted by atomic mass is 9.60. The van der Waals surface area contributed by atoms with Gasteiger partial charge in [-0.15, -0.1) is 0 Å². The molecule has 3 saturated carbocycles. The largest absolute Gasteiger partial charge is 0.413 e. The van der Waals surface area contributed by atoms with E-state index in [4.69, 9.17) is 4.43 Å². The number of rotatable bonds is 8. The molecule has 3 heteroatoms. The van der Waals surface area contributed by atoms with Crippen molar-refractivity contribution in [3.63, 3.8) is 0 Å². The van der Waals surface area contributed by atoms with E-state index in [9.17, 15) is 5.11 Å². The van der Waals surface area contributed by atoms with Gasteiger partial charge in [0.15, 0.2) is 8.32 Å². The van der Waals surface area contributed by atoms with E-state index in [1.54, 1.807) is 5.57 Å². The summed E-state index contributed by atoms with van der Waals surface area (Å²) in [7, 11) is -1.87. The summed E-state index contributed by atoms with van der Waals surface area (Å²) < 4.78 is 6.73. The number of allylic oxidation sites excluding steroid dienone is 3. The molecule has 0 spiro atoms. The van der Waals surface area contributed by atoms with Crippen LogP contribution in [0.15, 0.2) is 35.5 Å². The van der Waals surface area contributed by atoms with E-state index in [0.29, 0.717) is 11.8 Å². The highest BCUT2D eigenvalue weighted by molar-refractivity contribution is 6.74. The van der Waals surface area contributed by atoms with Crippen molar-refractivity contribution in [3.05, 3.63) is 35.5 Å². The molecule has 0 saturated heterocycles. The topological polar surface area (TPSA) is 29.5 Å². The molecule has 0 unspecified atom stereocenters. The molecule has 0 radical (unpaired) electrons. The molecular weight excluding hydrogens is 456 g/mol. The lowest BCUT2D eigenvalue weighted by molar-refractivity contribution is 0.0917. The highest BCUT2D eigenvalue weighted by atomic mass is 28.4. The molecule has 0 amide bonds. The van der Waals surface area contributed by atoms with Crippen molar-refractivity contribution in [2.75, 3.05) is 0 Å². The van der Waals surface area contributed by atoms with Gasteiger partial charge in [-0.1, -0.05) is 92.0 Å². The Kier molecular flexibility index (Phi) is 9.65. The molecule has 0 aliphatic heterocycles. The maximum Gasteiger partial charge on any atom is 0.192 e. The van der Waals surface area contributed by atoms with E-state index in [1.165, 1.54) is 56.9 Å². The van der Waals surface area contributed by atoms with Gasteiger partial charge in [0.25, 0.3) is 0 Å². The summed E-state index contributed by atoms with van der Waals surface area (Å²) in [6, 6.07) is 0. The number of aliphatic hydroxyl groups is 1. The second-order valence-electron chi connectivity index (χ2n) is 14.8. The second kappa shape index (κ2) is 11.6. The third kappa shape index (κ3) is 6.67. The Morgan fingerprint density at radius 3 is 2.47 bits per heavy atom. The Bertz CT molecular complexity index is 829. The molecule has 1 N–H and O–H groups in total. The van der Waals surface area contributed by atoms with Crippen molar-refractivity contribution < 1.29 is 9.53 Å². The van der Waals surface area contributed by atoms with Crippen LogP contribution in [-0.2, 0) is 4.43 Å². The molecule has 206 valence electrons. The lowest BCUT2D eigenvalue weighted by Gasteiger charge is -2.44. The molecule has 6 atom stereocenters. The summed E-state index contributed by atoms with van der Waals surface area (Å²) in [6.07, 6.45) is 16.7. The van der Waals surface area contributed by atoms with E-state index in [1.807, 2.05) is 0 Å². The smallest absolute Gasteiger partial charge is 0.192 e. The summed E-state index contributed by atoms with van der Waals surface area (Å²) >= 11 is 0. The third-order valence-corrected chi connectivity index (χ3v) is 15.2. The average molecular weight is 515 g/mol. The Morgan fingerprint density at radius 1 is 1.14 bits per heavy atom. The van der Waals surface area contributed by atoms with Crippen LogP contribution in [0.25, 0.3) is 0 Å². The monoisotopic (exact) mass is 514 g/mol. The predicted octanol–water partition coefficient (Wildman–Crippen LogP) is 9.62. The van der Waals surface area contributed by atoms with Gasteiger partial charge in [0.05, 0.1) is 12.2 Å². The average Bonchev–Trinajstić information content (AvgIpc) is 3.11. The first-order chi connectivity index (χ1) is 16.7. The summed E-state index contributed by atoms with van der Waals surface area (Å²) in [6.45, 7) is 25.6. The normalized spacial score (nSPS) is 35.0. The summed E-state index contributed by atoms with van der Waals surface area (Å²) in [5.74, 6) is 3.24. The van der Waals surface area contributed by atoms with Gasteiger partial charge >= 0.3 is 0 Å². The van der Waals surface area contributed by atoms with Crippen molar-refractivity contribution in [3.8, 4) is 0 Å². The minimum atomic E-state index is -1.87. The van der Waals surface area contributed by atoms with Crippen LogP contribution in [0.2, 0.25) is 18.1 Å².